The second kappa shape index (κ2) is 12.3. The van der Waals surface area contributed by atoms with Gasteiger partial charge in [-0.25, -0.2) is 15.0 Å². The molecule has 0 aliphatic heterocycles. The van der Waals surface area contributed by atoms with Crippen LogP contribution < -0.4 is 0 Å². The van der Waals surface area contributed by atoms with E-state index in [0.717, 1.165) is 71.7 Å². The molecule has 54 heavy (non-hydrogen) atoms. The van der Waals surface area contributed by atoms with Crippen molar-refractivity contribution in [2.24, 2.45) is 0 Å². The smallest absolute Gasteiger partial charge is 0.164 e. The highest BCUT2D eigenvalue weighted by Crippen LogP contribution is 2.43. The minimum atomic E-state index is 0.621. The van der Waals surface area contributed by atoms with Crippen LogP contribution in [-0.4, -0.2) is 15.0 Å². The van der Waals surface area contributed by atoms with Crippen molar-refractivity contribution in [2.45, 2.75) is 0 Å². The molecule has 0 aliphatic carbocycles. The van der Waals surface area contributed by atoms with E-state index in [1.165, 1.54) is 20.2 Å². The first-order chi connectivity index (χ1) is 26.7. The fourth-order valence-electron chi connectivity index (χ4n) is 7.81. The second-order valence-electron chi connectivity index (χ2n) is 13.5. The van der Waals surface area contributed by atoms with Crippen molar-refractivity contribution >= 4 is 64.2 Å². The Morgan fingerprint density at radius 3 is 1.89 bits per heavy atom. The van der Waals surface area contributed by atoms with Crippen LogP contribution >= 0.6 is 11.3 Å². The molecule has 0 amide bonds. The lowest BCUT2D eigenvalue weighted by molar-refractivity contribution is 0.669. The van der Waals surface area contributed by atoms with Gasteiger partial charge in [0.05, 0.1) is 0 Å². The lowest BCUT2D eigenvalue weighted by atomic mass is 9.91. The minimum absolute atomic E-state index is 0.621. The Balaban J connectivity index is 1.19. The maximum atomic E-state index is 6.32. The summed E-state index contributed by atoms with van der Waals surface area (Å²) in [5.41, 5.74) is 8.94. The molecule has 0 saturated carbocycles. The minimum Gasteiger partial charge on any atom is -0.456 e. The van der Waals surface area contributed by atoms with E-state index in [9.17, 15) is 0 Å². The van der Waals surface area contributed by atoms with E-state index < -0.39 is 0 Å². The number of para-hydroxylation sites is 1. The van der Waals surface area contributed by atoms with Gasteiger partial charge in [0.2, 0.25) is 0 Å². The van der Waals surface area contributed by atoms with Crippen molar-refractivity contribution in [3.63, 3.8) is 0 Å². The summed E-state index contributed by atoms with van der Waals surface area (Å²) in [6.45, 7) is 0. The third-order valence-corrected chi connectivity index (χ3v) is 11.5. The first kappa shape index (κ1) is 30.7. The summed E-state index contributed by atoms with van der Waals surface area (Å²) in [5, 5.41) is 6.95. The van der Waals surface area contributed by atoms with Crippen molar-refractivity contribution in [3.05, 3.63) is 176 Å². The van der Waals surface area contributed by atoms with Gasteiger partial charge in [0.1, 0.15) is 11.2 Å². The topological polar surface area (TPSA) is 51.8 Å². The number of hydrogen-bond acceptors (Lipinski definition) is 5. The fraction of sp³-hybridized carbons (Fsp3) is 0. The summed E-state index contributed by atoms with van der Waals surface area (Å²) in [6, 6.07) is 61.6. The molecule has 0 radical (unpaired) electrons. The quantitative estimate of drug-likeness (QED) is 0.179. The zero-order valence-electron chi connectivity index (χ0n) is 28.9. The molecule has 11 rings (SSSR count). The number of aromatic nitrogens is 3. The first-order valence-corrected chi connectivity index (χ1v) is 18.8. The van der Waals surface area contributed by atoms with Gasteiger partial charge >= 0.3 is 0 Å². The van der Waals surface area contributed by atoms with Gasteiger partial charge in [-0.2, -0.15) is 0 Å². The van der Waals surface area contributed by atoms with Gasteiger partial charge in [-0.05, 0) is 75.5 Å². The van der Waals surface area contributed by atoms with Crippen LogP contribution in [0.15, 0.2) is 180 Å². The third kappa shape index (κ3) is 5.01. The summed E-state index contributed by atoms with van der Waals surface area (Å²) in [6.07, 6.45) is 0. The summed E-state index contributed by atoms with van der Waals surface area (Å²) >= 11 is 1.83. The summed E-state index contributed by atoms with van der Waals surface area (Å²) in [7, 11) is 0. The molecular formula is C49H29N3OS. The van der Waals surface area contributed by atoms with E-state index in [1.807, 2.05) is 41.7 Å². The highest BCUT2D eigenvalue weighted by molar-refractivity contribution is 7.25. The molecule has 3 aromatic heterocycles. The van der Waals surface area contributed by atoms with Crippen LogP contribution in [0.25, 0.3) is 109 Å². The Hall–Kier alpha value is -6.95. The third-order valence-electron chi connectivity index (χ3n) is 10.4. The Bertz CT molecular complexity index is 3230. The Morgan fingerprint density at radius 2 is 0.981 bits per heavy atom. The molecule has 0 unspecified atom stereocenters. The lowest BCUT2D eigenvalue weighted by Gasteiger charge is -2.15. The number of rotatable bonds is 5. The standard InChI is InChI=1S/C49H29N3OS/c1-2-13-31(14-3-1)47-50-48(37-20-10-15-30-12-4-5-16-34(30)37)52-49(51-47)38-26-24-32(35-19-11-22-43-46(35)39-18-6-8-21-42(39)53-43)28-40(38)33-25-27-45-41(29-33)36-17-7-9-23-44(36)54-45/h1-29H. The van der Waals surface area contributed by atoms with Gasteiger partial charge in [0, 0.05) is 47.6 Å². The number of nitrogens with zero attached hydrogens (tertiary/aromatic N) is 3. The molecule has 0 spiro atoms. The van der Waals surface area contributed by atoms with Crippen LogP contribution in [-0.2, 0) is 0 Å². The fourth-order valence-corrected chi connectivity index (χ4v) is 8.89. The normalized spacial score (nSPS) is 11.7. The largest absolute Gasteiger partial charge is 0.456 e. The zero-order valence-corrected chi connectivity index (χ0v) is 29.7. The molecule has 5 heteroatoms. The number of furan rings is 1. The lowest BCUT2D eigenvalue weighted by Crippen LogP contribution is -2.01. The SMILES string of the molecule is c1ccc(-c2nc(-c3ccc(-c4cccc5oc6ccccc6c45)cc3-c3ccc4sc5ccccc5c4c3)nc(-c3cccc4ccccc34)n2)cc1. The molecule has 4 nitrogen and oxygen atoms in total. The van der Waals surface area contributed by atoms with Crippen LogP contribution in [0.2, 0.25) is 0 Å². The molecule has 0 atom stereocenters. The Kier molecular flexibility index (Phi) is 7.00. The van der Waals surface area contributed by atoms with Gasteiger partial charge in [0.15, 0.2) is 17.5 Å². The molecule has 0 aliphatic rings. The highest BCUT2D eigenvalue weighted by Gasteiger charge is 2.20. The molecule has 0 N–H and O–H groups in total. The summed E-state index contributed by atoms with van der Waals surface area (Å²) in [4.78, 5) is 15.6. The summed E-state index contributed by atoms with van der Waals surface area (Å²) < 4.78 is 8.86. The van der Waals surface area contributed by atoms with Crippen LogP contribution in [0.5, 0.6) is 0 Å². The van der Waals surface area contributed by atoms with Crippen molar-refractivity contribution in [1.29, 1.82) is 0 Å². The first-order valence-electron chi connectivity index (χ1n) is 18.0. The molecule has 3 heterocycles. The highest BCUT2D eigenvalue weighted by atomic mass is 32.1. The van der Waals surface area contributed by atoms with E-state index in [2.05, 4.69) is 146 Å². The maximum Gasteiger partial charge on any atom is 0.164 e. The van der Waals surface area contributed by atoms with Crippen molar-refractivity contribution in [1.82, 2.24) is 15.0 Å². The van der Waals surface area contributed by atoms with Crippen LogP contribution in [0.1, 0.15) is 0 Å². The molecule has 0 fully saturated rings. The van der Waals surface area contributed by atoms with E-state index in [4.69, 9.17) is 19.4 Å². The molecular weight excluding hydrogens is 679 g/mol. The van der Waals surface area contributed by atoms with Gasteiger partial charge in [-0.1, -0.05) is 133 Å². The summed E-state index contributed by atoms with van der Waals surface area (Å²) in [5.74, 6) is 1.89. The van der Waals surface area contributed by atoms with E-state index in [1.54, 1.807) is 0 Å². The van der Waals surface area contributed by atoms with Crippen LogP contribution in [0, 0.1) is 0 Å². The number of thiophene rings is 1. The molecule has 0 saturated heterocycles. The maximum absolute atomic E-state index is 6.32. The van der Waals surface area contributed by atoms with Gasteiger partial charge < -0.3 is 4.42 Å². The predicted molar refractivity (Wildman–Crippen MR) is 225 cm³/mol. The molecule has 0 bridgehead atoms. The number of fused-ring (bicyclic) bond motifs is 7. The monoisotopic (exact) mass is 707 g/mol. The van der Waals surface area contributed by atoms with Crippen molar-refractivity contribution < 1.29 is 4.42 Å². The van der Waals surface area contributed by atoms with E-state index in [-0.39, 0.29) is 0 Å². The van der Waals surface area contributed by atoms with Gasteiger partial charge in [0.25, 0.3) is 0 Å². The van der Waals surface area contributed by atoms with E-state index in [0.29, 0.717) is 17.5 Å². The average molecular weight is 708 g/mol. The van der Waals surface area contributed by atoms with Gasteiger partial charge in [-0.3, -0.25) is 0 Å². The molecule has 11 aromatic rings. The van der Waals surface area contributed by atoms with Gasteiger partial charge in [-0.15, -0.1) is 11.3 Å². The Morgan fingerprint density at radius 1 is 0.352 bits per heavy atom. The molecule has 8 aromatic carbocycles. The zero-order chi connectivity index (χ0) is 35.6. The average Bonchev–Trinajstić information content (AvgIpc) is 3.82. The van der Waals surface area contributed by atoms with Crippen LogP contribution in [0.4, 0.5) is 0 Å². The van der Waals surface area contributed by atoms with E-state index >= 15 is 0 Å². The van der Waals surface area contributed by atoms with Crippen LogP contribution in [0.3, 0.4) is 0 Å². The number of benzene rings is 8. The second-order valence-corrected chi connectivity index (χ2v) is 14.6. The number of hydrogen-bond donors (Lipinski definition) is 0. The van der Waals surface area contributed by atoms with Crippen molar-refractivity contribution in [3.8, 4) is 56.4 Å². The predicted octanol–water partition coefficient (Wildman–Crippen LogP) is 13.6. The Labute approximate surface area is 314 Å². The molecule has 252 valence electrons. The van der Waals surface area contributed by atoms with Crippen molar-refractivity contribution in [2.75, 3.05) is 0 Å².